The number of rotatable bonds is 6. The Hall–Kier alpha value is -10.1. The average molecular weight is 1370 g/mol. The third kappa shape index (κ3) is 31.6. The van der Waals surface area contributed by atoms with Crippen LogP contribution in [0.15, 0.2) is 171 Å². The van der Waals surface area contributed by atoms with Gasteiger partial charge in [0.2, 0.25) is 0 Å². The summed E-state index contributed by atoms with van der Waals surface area (Å²) in [6.07, 6.45) is 8.44. The van der Waals surface area contributed by atoms with Gasteiger partial charge in [0.05, 0.1) is 31.0 Å². The SMILES string of the molecule is CC(C)(C)c1cc([N+](=O)[O-])ccn1.CC(C)(C)c1ccc([N+](=O)[O-])cc1.CC(C)(C)c1ccccc1[N+](=O)[O-].CC(C)(C)c1ccccn1.CC(C)(C)c1ccnc([N+](=O)[O-])c1.CC(C)(C)c1ccncc1.Cc1ccc(C(C)(C)C)c([N+](=O)[O-])c1.Cc1ccc(C(C)(C)C)cc1C(=O)O. The van der Waals surface area contributed by atoms with Crippen molar-refractivity contribution in [2.75, 3.05) is 0 Å². The zero-order valence-electron chi connectivity index (χ0n) is 63.6. The van der Waals surface area contributed by atoms with Crippen LogP contribution >= 0.6 is 0 Å². The Morgan fingerprint density at radius 2 is 0.760 bits per heavy atom. The number of benzene rings is 4. The molecular formula is C79H107N9O12. The van der Waals surface area contributed by atoms with Gasteiger partial charge in [-0.2, -0.15) is 0 Å². The molecule has 0 spiro atoms. The first-order valence-corrected chi connectivity index (χ1v) is 32.6. The van der Waals surface area contributed by atoms with Gasteiger partial charge in [-0.25, -0.2) is 4.79 Å². The van der Waals surface area contributed by atoms with E-state index in [0.717, 1.165) is 50.3 Å². The van der Waals surface area contributed by atoms with E-state index in [9.17, 15) is 55.4 Å². The summed E-state index contributed by atoms with van der Waals surface area (Å²) in [5.41, 5.74) is 10.6. The van der Waals surface area contributed by atoms with E-state index >= 15 is 0 Å². The Balaban J connectivity index is 0.000000573. The molecule has 8 rings (SSSR count). The summed E-state index contributed by atoms with van der Waals surface area (Å²) in [6, 6.07) is 40.9. The lowest BCUT2D eigenvalue weighted by molar-refractivity contribution is -0.389. The van der Waals surface area contributed by atoms with Gasteiger partial charge in [0.1, 0.15) is 6.20 Å². The summed E-state index contributed by atoms with van der Waals surface area (Å²) < 4.78 is 0. The van der Waals surface area contributed by atoms with Crippen molar-refractivity contribution >= 4 is 34.5 Å². The molecule has 0 bridgehead atoms. The van der Waals surface area contributed by atoms with Gasteiger partial charge in [0.25, 0.3) is 22.7 Å². The quantitative estimate of drug-likeness (QED) is 0.119. The highest BCUT2D eigenvalue weighted by atomic mass is 16.6. The van der Waals surface area contributed by atoms with Gasteiger partial charge in [-0.1, -0.05) is 227 Å². The molecule has 0 aliphatic carbocycles. The van der Waals surface area contributed by atoms with Crippen molar-refractivity contribution in [1.29, 1.82) is 0 Å². The van der Waals surface area contributed by atoms with Crippen LogP contribution in [0.5, 0.6) is 0 Å². The normalized spacial score (nSPS) is 11.4. The minimum Gasteiger partial charge on any atom is -0.478 e. The molecule has 4 aromatic heterocycles. The molecule has 0 saturated carbocycles. The highest BCUT2D eigenvalue weighted by molar-refractivity contribution is 5.89. The molecular weight excluding hydrogens is 1270 g/mol. The van der Waals surface area contributed by atoms with Crippen molar-refractivity contribution < 1.29 is 34.5 Å². The number of hydrogen-bond donors (Lipinski definition) is 1. The summed E-state index contributed by atoms with van der Waals surface area (Å²) in [5, 5.41) is 61.7. The first-order chi connectivity index (χ1) is 45.5. The van der Waals surface area contributed by atoms with Crippen molar-refractivity contribution in [3.05, 3.63) is 283 Å². The summed E-state index contributed by atoms with van der Waals surface area (Å²) in [4.78, 5) is 77.7. The number of nitrogens with zero attached hydrogens (tertiary/aromatic N) is 9. The van der Waals surface area contributed by atoms with Gasteiger partial charge in [-0.3, -0.25) is 55.4 Å². The fourth-order valence-corrected chi connectivity index (χ4v) is 8.68. The third-order valence-electron chi connectivity index (χ3n) is 14.8. The molecule has 0 aliphatic heterocycles. The van der Waals surface area contributed by atoms with Crippen LogP contribution < -0.4 is 0 Å². The molecule has 0 aliphatic rings. The van der Waals surface area contributed by atoms with Crippen molar-refractivity contribution in [3.8, 4) is 0 Å². The van der Waals surface area contributed by atoms with Gasteiger partial charge in [-0.05, 0) is 126 Å². The number of carboxylic acid groups (broad SMARTS) is 1. The van der Waals surface area contributed by atoms with Crippen molar-refractivity contribution in [3.63, 3.8) is 0 Å². The molecule has 0 unspecified atom stereocenters. The van der Waals surface area contributed by atoms with E-state index in [1.165, 1.54) is 36.2 Å². The number of nitro benzene ring substituents is 3. The second kappa shape index (κ2) is 37.2. The van der Waals surface area contributed by atoms with Gasteiger partial charge >= 0.3 is 11.8 Å². The fraction of sp³-hybridized carbons (Fsp3) is 0.430. The average Bonchev–Trinajstić information content (AvgIpc) is 0.832. The number of aryl methyl sites for hydroxylation is 2. The monoisotopic (exact) mass is 1370 g/mol. The minimum absolute atomic E-state index is 0.00208. The number of para-hydroxylation sites is 1. The highest BCUT2D eigenvalue weighted by Crippen LogP contribution is 2.33. The number of pyridine rings is 4. The molecule has 4 aromatic carbocycles. The Bertz CT molecular complexity index is 3840. The predicted molar refractivity (Wildman–Crippen MR) is 402 cm³/mol. The first-order valence-electron chi connectivity index (χ1n) is 32.6. The Morgan fingerprint density at radius 1 is 0.340 bits per heavy atom. The molecule has 21 heteroatoms. The lowest BCUT2D eigenvalue weighted by Crippen LogP contribution is -2.13. The number of aromatic nitrogens is 4. The van der Waals surface area contributed by atoms with Crippen LogP contribution in [0.3, 0.4) is 0 Å². The molecule has 540 valence electrons. The van der Waals surface area contributed by atoms with Gasteiger partial charge < -0.3 is 15.2 Å². The molecule has 0 fully saturated rings. The lowest BCUT2D eigenvalue weighted by Gasteiger charge is -2.19. The number of carbonyl (C=O) groups is 1. The zero-order valence-corrected chi connectivity index (χ0v) is 63.6. The maximum absolute atomic E-state index is 10.9. The van der Waals surface area contributed by atoms with E-state index < -0.39 is 15.8 Å². The molecule has 100 heavy (non-hydrogen) atoms. The van der Waals surface area contributed by atoms with Crippen molar-refractivity contribution in [1.82, 2.24) is 19.9 Å². The van der Waals surface area contributed by atoms with Crippen molar-refractivity contribution in [2.45, 2.75) is 223 Å². The second-order valence-corrected chi connectivity index (χ2v) is 32.0. The Morgan fingerprint density at radius 3 is 1.15 bits per heavy atom. The van der Waals surface area contributed by atoms with Crippen LogP contribution in [-0.4, -0.2) is 55.6 Å². The van der Waals surface area contributed by atoms with E-state index in [4.69, 9.17) is 5.11 Å². The number of non-ortho nitro benzene ring substituents is 1. The van der Waals surface area contributed by atoms with Crippen LogP contribution in [0.1, 0.15) is 232 Å². The topological polar surface area (TPSA) is 305 Å². The Labute approximate surface area is 592 Å². The maximum atomic E-state index is 10.9. The number of hydrogen-bond acceptors (Lipinski definition) is 15. The lowest BCUT2D eigenvalue weighted by atomic mass is 9.85. The first kappa shape index (κ1) is 88.0. The molecule has 1 N–H and O–H groups in total. The number of carboxylic acids is 1. The van der Waals surface area contributed by atoms with Crippen LogP contribution in [0.2, 0.25) is 0 Å². The summed E-state index contributed by atoms with van der Waals surface area (Å²) in [7, 11) is 0. The third-order valence-corrected chi connectivity index (χ3v) is 14.8. The van der Waals surface area contributed by atoms with E-state index in [1.54, 1.807) is 60.7 Å². The van der Waals surface area contributed by atoms with Crippen LogP contribution in [-0.2, 0) is 43.3 Å². The van der Waals surface area contributed by atoms with E-state index in [1.807, 2.05) is 158 Å². The van der Waals surface area contributed by atoms with Gasteiger partial charge in [-0.15, -0.1) is 0 Å². The zero-order chi connectivity index (χ0) is 77.3. The largest absolute Gasteiger partial charge is 0.478 e. The highest BCUT2D eigenvalue weighted by Gasteiger charge is 2.26. The maximum Gasteiger partial charge on any atom is 0.363 e. The molecule has 0 radical (unpaired) electrons. The van der Waals surface area contributed by atoms with Crippen molar-refractivity contribution in [2.24, 2.45) is 0 Å². The van der Waals surface area contributed by atoms with E-state index in [0.29, 0.717) is 5.56 Å². The molecule has 0 atom stereocenters. The number of aromatic carboxylic acids is 1. The minimum atomic E-state index is -0.853. The summed E-state index contributed by atoms with van der Waals surface area (Å²) in [5.74, 6) is -0.943. The summed E-state index contributed by atoms with van der Waals surface area (Å²) >= 11 is 0. The molecule has 21 nitrogen and oxygen atoms in total. The molecule has 4 heterocycles. The van der Waals surface area contributed by atoms with Crippen LogP contribution in [0.25, 0.3) is 0 Å². The van der Waals surface area contributed by atoms with Gasteiger partial charge in [0.15, 0.2) is 0 Å². The number of nitro groups is 5. The Kier molecular flexibility index (Phi) is 32.7. The van der Waals surface area contributed by atoms with Crippen LogP contribution in [0, 0.1) is 64.4 Å². The molecule has 8 aromatic rings. The smallest absolute Gasteiger partial charge is 0.363 e. The molecule has 0 saturated heterocycles. The second-order valence-electron chi connectivity index (χ2n) is 32.0. The molecule has 0 amide bonds. The predicted octanol–water partition coefficient (Wildman–Crippen LogP) is 21.3. The van der Waals surface area contributed by atoms with Gasteiger partial charge in [0, 0.05) is 94.9 Å². The van der Waals surface area contributed by atoms with E-state index in [-0.39, 0.29) is 86.7 Å². The standard InChI is InChI=1S/C12H16O2.C11H15NO2.2C10H13NO2.2C9H12N2O2.2C9H13N/c1-8-5-6-9(12(2,3)4)7-10(8)11(13)14;1-8-5-6-9(11(2,3)4)10(7-8)12(13)14;1-10(2,3)8-4-6-9(7-5-8)11(12)13;1-10(2,3)8-6-4-5-7-9(8)11(12)13;1-9(2,3)8-6-7(11(12)13)4-5-10-8;1-9(2,3)7-4-5-10-8(6-7)11(12)13;1-9(2,3)8-4-6-10-7-5-8;1-9(2,3)8-6-4-5-7-10-8/h5-7H,1-4H3,(H,13,14);5-7H,1-4H3;2*4-7H,1-3H3;2*4-6H,1-3H3;2*4-7H,1-3H3. The van der Waals surface area contributed by atoms with E-state index in [2.05, 4.69) is 121 Å². The van der Waals surface area contributed by atoms with Crippen LogP contribution in [0.4, 0.5) is 28.6 Å². The fourth-order valence-electron chi connectivity index (χ4n) is 8.68. The summed E-state index contributed by atoms with van der Waals surface area (Å²) in [6.45, 7) is 53.0.